The van der Waals surface area contributed by atoms with E-state index in [1.54, 1.807) is 0 Å². The molecular formula is C18H29Cl2N. The molecule has 1 aromatic rings. The Bertz CT molecular complexity index is 437. The van der Waals surface area contributed by atoms with Crippen LogP contribution in [0.5, 0.6) is 0 Å². The SMILES string of the molecule is CCCNC(CC(C)CC(C)(C)C)c1ccc(Cl)c(Cl)c1. The second-order valence-corrected chi connectivity index (χ2v) is 8.10. The summed E-state index contributed by atoms with van der Waals surface area (Å²) in [5, 5.41) is 4.91. The Morgan fingerprint density at radius 2 is 1.81 bits per heavy atom. The standard InChI is InChI=1S/C18H29Cl2N/c1-6-9-21-17(10-13(2)12-18(3,4)5)14-7-8-15(19)16(20)11-14/h7-8,11,13,17,21H,6,9-10,12H2,1-5H3. The van der Waals surface area contributed by atoms with Gasteiger partial charge in [-0.05, 0) is 54.8 Å². The fourth-order valence-corrected chi connectivity index (χ4v) is 3.22. The average molecular weight is 330 g/mol. The van der Waals surface area contributed by atoms with E-state index < -0.39 is 0 Å². The number of halogens is 2. The van der Waals surface area contributed by atoms with Gasteiger partial charge in [0, 0.05) is 6.04 Å². The number of hydrogen-bond donors (Lipinski definition) is 1. The second-order valence-electron chi connectivity index (χ2n) is 7.29. The predicted octanol–water partition coefficient (Wildman–Crippen LogP) is 6.50. The predicted molar refractivity (Wildman–Crippen MR) is 95.3 cm³/mol. The second kappa shape index (κ2) is 8.41. The van der Waals surface area contributed by atoms with Gasteiger partial charge in [0.15, 0.2) is 0 Å². The monoisotopic (exact) mass is 329 g/mol. The molecule has 2 unspecified atom stereocenters. The van der Waals surface area contributed by atoms with Gasteiger partial charge in [0.25, 0.3) is 0 Å². The van der Waals surface area contributed by atoms with Crippen molar-refractivity contribution in [3.05, 3.63) is 33.8 Å². The molecule has 0 aliphatic rings. The summed E-state index contributed by atoms with van der Waals surface area (Å²) >= 11 is 12.2. The third-order valence-electron chi connectivity index (χ3n) is 3.59. The Labute approximate surface area is 140 Å². The van der Waals surface area contributed by atoms with Crippen LogP contribution in [-0.4, -0.2) is 6.54 Å². The summed E-state index contributed by atoms with van der Waals surface area (Å²) in [6, 6.07) is 6.33. The minimum Gasteiger partial charge on any atom is -0.310 e. The molecule has 0 radical (unpaired) electrons. The zero-order valence-electron chi connectivity index (χ0n) is 14.0. The van der Waals surface area contributed by atoms with Crippen molar-refractivity contribution in [3.63, 3.8) is 0 Å². The first-order chi connectivity index (χ1) is 9.73. The molecule has 0 bridgehead atoms. The average Bonchev–Trinajstić information content (AvgIpc) is 2.35. The van der Waals surface area contributed by atoms with Crippen LogP contribution in [0.2, 0.25) is 10.0 Å². The Hall–Kier alpha value is -0.240. The molecule has 0 aliphatic heterocycles. The molecule has 0 saturated heterocycles. The fraction of sp³-hybridized carbons (Fsp3) is 0.667. The topological polar surface area (TPSA) is 12.0 Å². The minimum absolute atomic E-state index is 0.345. The van der Waals surface area contributed by atoms with Gasteiger partial charge in [-0.1, -0.05) is 63.9 Å². The van der Waals surface area contributed by atoms with Gasteiger partial charge in [-0.15, -0.1) is 0 Å². The molecule has 1 N–H and O–H groups in total. The van der Waals surface area contributed by atoms with Crippen LogP contribution in [-0.2, 0) is 0 Å². The van der Waals surface area contributed by atoms with E-state index in [1.807, 2.05) is 12.1 Å². The smallest absolute Gasteiger partial charge is 0.0595 e. The Morgan fingerprint density at radius 1 is 1.14 bits per heavy atom. The fourth-order valence-electron chi connectivity index (χ4n) is 2.92. The van der Waals surface area contributed by atoms with Crippen molar-refractivity contribution in [2.24, 2.45) is 11.3 Å². The minimum atomic E-state index is 0.345. The highest BCUT2D eigenvalue weighted by Gasteiger charge is 2.20. The lowest BCUT2D eigenvalue weighted by molar-refractivity contribution is 0.276. The molecule has 0 spiro atoms. The summed E-state index contributed by atoms with van der Waals surface area (Å²) in [4.78, 5) is 0. The van der Waals surface area contributed by atoms with Crippen molar-refractivity contribution < 1.29 is 0 Å². The van der Waals surface area contributed by atoms with Crippen molar-refractivity contribution in [2.45, 2.75) is 59.9 Å². The Balaban J connectivity index is 2.81. The molecular weight excluding hydrogens is 301 g/mol. The van der Waals surface area contributed by atoms with Crippen molar-refractivity contribution in [2.75, 3.05) is 6.54 Å². The molecule has 0 saturated carbocycles. The van der Waals surface area contributed by atoms with E-state index in [-0.39, 0.29) is 0 Å². The molecule has 1 nitrogen and oxygen atoms in total. The van der Waals surface area contributed by atoms with E-state index in [0.29, 0.717) is 27.4 Å². The summed E-state index contributed by atoms with van der Waals surface area (Å²) < 4.78 is 0. The van der Waals surface area contributed by atoms with Gasteiger partial charge < -0.3 is 5.32 Å². The number of rotatable bonds is 7. The van der Waals surface area contributed by atoms with Gasteiger partial charge >= 0.3 is 0 Å². The lowest BCUT2D eigenvalue weighted by Gasteiger charge is -2.27. The van der Waals surface area contributed by atoms with Gasteiger partial charge in [-0.3, -0.25) is 0 Å². The highest BCUT2D eigenvalue weighted by molar-refractivity contribution is 6.42. The third-order valence-corrected chi connectivity index (χ3v) is 4.32. The molecule has 1 rings (SSSR count). The molecule has 0 heterocycles. The van der Waals surface area contributed by atoms with Crippen molar-refractivity contribution in [1.29, 1.82) is 0 Å². The lowest BCUT2D eigenvalue weighted by Crippen LogP contribution is -2.25. The Kier molecular flexibility index (Phi) is 7.53. The highest BCUT2D eigenvalue weighted by atomic mass is 35.5. The molecule has 0 amide bonds. The van der Waals surface area contributed by atoms with E-state index in [9.17, 15) is 0 Å². The van der Waals surface area contributed by atoms with Crippen LogP contribution in [0.4, 0.5) is 0 Å². The van der Waals surface area contributed by atoms with Crippen molar-refractivity contribution in [1.82, 2.24) is 5.32 Å². The first-order valence-corrected chi connectivity index (χ1v) is 8.67. The molecule has 21 heavy (non-hydrogen) atoms. The van der Waals surface area contributed by atoms with Crippen LogP contribution in [0.3, 0.4) is 0 Å². The summed E-state index contributed by atoms with van der Waals surface area (Å²) in [6.07, 6.45) is 3.47. The Morgan fingerprint density at radius 3 is 2.33 bits per heavy atom. The summed E-state index contributed by atoms with van der Waals surface area (Å²) in [6.45, 7) is 12.5. The van der Waals surface area contributed by atoms with Gasteiger partial charge in [0.2, 0.25) is 0 Å². The summed E-state index contributed by atoms with van der Waals surface area (Å²) in [7, 11) is 0. The molecule has 3 heteroatoms. The van der Waals surface area contributed by atoms with Gasteiger partial charge in [0.05, 0.1) is 10.0 Å². The lowest BCUT2D eigenvalue weighted by atomic mass is 9.82. The maximum atomic E-state index is 6.18. The number of nitrogens with one attached hydrogen (secondary N) is 1. The van der Waals surface area contributed by atoms with Gasteiger partial charge in [-0.2, -0.15) is 0 Å². The first kappa shape index (κ1) is 18.8. The quantitative estimate of drug-likeness (QED) is 0.602. The summed E-state index contributed by atoms with van der Waals surface area (Å²) in [5.41, 5.74) is 1.60. The normalized spacial score (nSPS) is 15.0. The largest absolute Gasteiger partial charge is 0.310 e. The van der Waals surface area contributed by atoms with Crippen LogP contribution in [0.1, 0.15) is 65.5 Å². The van der Waals surface area contributed by atoms with E-state index in [4.69, 9.17) is 23.2 Å². The van der Waals surface area contributed by atoms with Crippen LogP contribution >= 0.6 is 23.2 Å². The van der Waals surface area contributed by atoms with Crippen LogP contribution < -0.4 is 5.32 Å². The third kappa shape index (κ3) is 7.04. The van der Waals surface area contributed by atoms with Crippen LogP contribution in [0.25, 0.3) is 0 Å². The maximum Gasteiger partial charge on any atom is 0.0595 e. The molecule has 120 valence electrons. The summed E-state index contributed by atoms with van der Waals surface area (Å²) in [5.74, 6) is 0.661. The van der Waals surface area contributed by atoms with Gasteiger partial charge in [0.1, 0.15) is 0 Å². The first-order valence-electron chi connectivity index (χ1n) is 7.91. The van der Waals surface area contributed by atoms with E-state index >= 15 is 0 Å². The molecule has 2 atom stereocenters. The van der Waals surface area contributed by atoms with Crippen LogP contribution in [0.15, 0.2) is 18.2 Å². The van der Waals surface area contributed by atoms with Gasteiger partial charge in [-0.25, -0.2) is 0 Å². The van der Waals surface area contributed by atoms with E-state index in [1.165, 1.54) is 12.0 Å². The number of hydrogen-bond acceptors (Lipinski definition) is 1. The van der Waals surface area contributed by atoms with Crippen molar-refractivity contribution in [3.8, 4) is 0 Å². The molecule has 1 aromatic carbocycles. The molecule has 0 fully saturated rings. The maximum absolute atomic E-state index is 6.18. The number of benzene rings is 1. The highest BCUT2D eigenvalue weighted by Crippen LogP contribution is 2.32. The molecule has 0 aromatic heterocycles. The zero-order valence-corrected chi connectivity index (χ0v) is 15.5. The van der Waals surface area contributed by atoms with Crippen molar-refractivity contribution >= 4 is 23.2 Å². The van der Waals surface area contributed by atoms with E-state index in [2.05, 4.69) is 46.0 Å². The zero-order chi connectivity index (χ0) is 16.0. The molecule has 0 aliphatic carbocycles. The van der Waals surface area contributed by atoms with Crippen LogP contribution in [0, 0.1) is 11.3 Å². The van der Waals surface area contributed by atoms with E-state index in [0.717, 1.165) is 19.4 Å².